The lowest BCUT2D eigenvalue weighted by Gasteiger charge is -2.30. The first-order valence-electron chi connectivity index (χ1n) is 10.2. The molecule has 0 radical (unpaired) electrons. The Morgan fingerprint density at radius 2 is 1.97 bits per heavy atom. The molecule has 1 aliphatic rings. The Morgan fingerprint density at radius 3 is 2.73 bits per heavy atom. The first kappa shape index (κ1) is 20.4. The Labute approximate surface area is 181 Å². The van der Waals surface area contributed by atoms with E-state index in [0.717, 1.165) is 51.9 Å². The number of aryl methyl sites for hydroxylation is 3. The number of anilines is 1. The van der Waals surface area contributed by atoms with Gasteiger partial charge in [0.05, 0.1) is 23.0 Å². The van der Waals surface area contributed by atoms with Gasteiger partial charge >= 0.3 is 0 Å². The van der Waals surface area contributed by atoms with Crippen molar-refractivity contribution < 1.29 is 14.3 Å². The van der Waals surface area contributed by atoms with Crippen molar-refractivity contribution in [3.8, 4) is 22.8 Å². The summed E-state index contributed by atoms with van der Waals surface area (Å²) in [7, 11) is 0. The normalized spacial score (nSPS) is 13.2. The highest BCUT2D eigenvalue weighted by atomic mass is 32.1. The Morgan fingerprint density at radius 1 is 1.13 bits per heavy atom. The molecule has 0 aliphatic carbocycles. The molecule has 0 bridgehead atoms. The van der Waals surface area contributed by atoms with Crippen molar-refractivity contribution in [3.05, 3.63) is 57.9 Å². The summed E-state index contributed by atoms with van der Waals surface area (Å²) in [5.74, 6) is 1.66. The molecule has 2 aromatic carbocycles. The first-order chi connectivity index (χ1) is 14.5. The predicted octanol–water partition coefficient (Wildman–Crippen LogP) is 5.32. The molecule has 6 heteroatoms. The van der Waals surface area contributed by atoms with E-state index in [-0.39, 0.29) is 12.5 Å². The molecule has 3 aromatic rings. The molecule has 0 atom stereocenters. The van der Waals surface area contributed by atoms with E-state index in [9.17, 15) is 4.79 Å². The van der Waals surface area contributed by atoms with Gasteiger partial charge in [-0.1, -0.05) is 18.2 Å². The van der Waals surface area contributed by atoms with Crippen molar-refractivity contribution in [2.75, 3.05) is 24.7 Å². The van der Waals surface area contributed by atoms with E-state index in [1.807, 2.05) is 61.2 Å². The molecule has 0 saturated carbocycles. The van der Waals surface area contributed by atoms with Crippen LogP contribution in [0.1, 0.15) is 28.3 Å². The molecular formula is C24H26N2O3S. The maximum absolute atomic E-state index is 12.6. The summed E-state index contributed by atoms with van der Waals surface area (Å²) < 4.78 is 11.5. The zero-order valence-corrected chi connectivity index (χ0v) is 18.4. The molecular weight excluding hydrogens is 396 g/mol. The van der Waals surface area contributed by atoms with Crippen molar-refractivity contribution >= 4 is 22.9 Å². The fraction of sp³-hybridized carbons (Fsp3) is 0.333. The van der Waals surface area contributed by atoms with Gasteiger partial charge in [0.15, 0.2) is 6.61 Å². The monoisotopic (exact) mass is 422 g/mol. The van der Waals surface area contributed by atoms with Crippen LogP contribution < -0.4 is 14.4 Å². The van der Waals surface area contributed by atoms with Crippen molar-refractivity contribution in [1.29, 1.82) is 0 Å². The molecule has 0 unspecified atom stereocenters. The molecule has 156 valence electrons. The first-order valence-corrected chi connectivity index (χ1v) is 11.0. The molecule has 2 heterocycles. The van der Waals surface area contributed by atoms with Gasteiger partial charge in [-0.2, -0.15) is 0 Å². The van der Waals surface area contributed by atoms with Crippen molar-refractivity contribution in [2.24, 2.45) is 0 Å². The number of unbranched alkanes of at least 4 members (excludes halogenated alkanes) is 1. The standard InChI is InChI=1S/C24H26N2O3S/c1-16-8-4-5-9-21(16)28-13-7-6-12-26-20-14-19(24-17(2)30-18(3)25-24)10-11-22(20)29-15-23(26)27/h4-5,8-11,14H,6-7,12-13,15H2,1-3H3. The number of nitrogens with zero attached hydrogens (tertiary/aromatic N) is 2. The molecule has 1 amide bonds. The van der Waals surface area contributed by atoms with Crippen molar-refractivity contribution in [3.63, 3.8) is 0 Å². The summed E-state index contributed by atoms with van der Waals surface area (Å²) in [6, 6.07) is 14.0. The summed E-state index contributed by atoms with van der Waals surface area (Å²) in [6.07, 6.45) is 1.73. The quantitative estimate of drug-likeness (QED) is 0.484. The molecule has 0 fully saturated rings. The van der Waals surface area contributed by atoms with Gasteiger partial charge in [0.1, 0.15) is 11.5 Å². The number of aromatic nitrogens is 1. The maximum Gasteiger partial charge on any atom is 0.265 e. The Bertz CT molecular complexity index is 1060. The summed E-state index contributed by atoms with van der Waals surface area (Å²) in [6.45, 7) is 7.49. The van der Waals surface area contributed by atoms with E-state index in [2.05, 4.69) is 11.9 Å². The Hall–Kier alpha value is -2.86. The van der Waals surface area contributed by atoms with E-state index >= 15 is 0 Å². The molecule has 0 N–H and O–H groups in total. The molecule has 1 aromatic heterocycles. The summed E-state index contributed by atoms with van der Waals surface area (Å²) in [5, 5.41) is 1.04. The number of ether oxygens (including phenoxy) is 2. The molecule has 0 saturated heterocycles. The summed E-state index contributed by atoms with van der Waals surface area (Å²) in [5.41, 5.74) is 3.95. The second-order valence-corrected chi connectivity index (χ2v) is 8.88. The molecule has 0 spiro atoms. The third-order valence-electron chi connectivity index (χ3n) is 5.21. The number of hydrogen-bond donors (Lipinski definition) is 0. The molecule has 30 heavy (non-hydrogen) atoms. The third-order valence-corrected chi connectivity index (χ3v) is 6.09. The fourth-order valence-corrected chi connectivity index (χ4v) is 4.50. The van der Waals surface area contributed by atoms with E-state index in [1.165, 1.54) is 4.88 Å². The zero-order chi connectivity index (χ0) is 21.1. The van der Waals surface area contributed by atoms with Crippen LogP contribution in [0.5, 0.6) is 11.5 Å². The average molecular weight is 423 g/mol. The lowest BCUT2D eigenvalue weighted by molar-refractivity contribution is -0.121. The number of carbonyl (C=O) groups is 1. The molecule has 4 rings (SSSR count). The summed E-state index contributed by atoms with van der Waals surface area (Å²) in [4.78, 5) is 20.2. The highest BCUT2D eigenvalue weighted by Gasteiger charge is 2.26. The zero-order valence-electron chi connectivity index (χ0n) is 17.6. The van der Waals surface area contributed by atoms with Crippen LogP contribution >= 0.6 is 11.3 Å². The smallest absolute Gasteiger partial charge is 0.265 e. The topological polar surface area (TPSA) is 51.7 Å². The highest BCUT2D eigenvalue weighted by Crippen LogP contribution is 2.37. The lowest BCUT2D eigenvalue weighted by Crippen LogP contribution is -2.39. The third kappa shape index (κ3) is 4.33. The SMILES string of the molecule is Cc1nc(-c2ccc3c(c2)N(CCCCOc2ccccc2C)C(=O)CO3)c(C)s1. The lowest BCUT2D eigenvalue weighted by atomic mass is 10.1. The van der Waals surface area contributed by atoms with Crippen LogP contribution in [0, 0.1) is 20.8 Å². The van der Waals surface area contributed by atoms with Gasteiger partial charge < -0.3 is 14.4 Å². The van der Waals surface area contributed by atoms with Gasteiger partial charge in [0.25, 0.3) is 5.91 Å². The number of rotatable bonds is 7. The van der Waals surface area contributed by atoms with Crippen LogP contribution in [0.25, 0.3) is 11.3 Å². The number of benzene rings is 2. The minimum absolute atomic E-state index is 0.00866. The van der Waals surface area contributed by atoms with Crippen LogP contribution in [-0.4, -0.2) is 30.6 Å². The highest BCUT2D eigenvalue weighted by molar-refractivity contribution is 7.11. The summed E-state index contributed by atoms with van der Waals surface area (Å²) >= 11 is 1.68. The van der Waals surface area contributed by atoms with Gasteiger partial charge in [0, 0.05) is 17.0 Å². The largest absolute Gasteiger partial charge is 0.493 e. The Kier molecular flexibility index (Phi) is 6.04. The van der Waals surface area contributed by atoms with Gasteiger partial charge in [-0.05, 0) is 63.4 Å². The van der Waals surface area contributed by atoms with Gasteiger partial charge in [-0.3, -0.25) is 4.79 Å². The van der Waals surface area contributed by atoms with E-state index in [1.54, 1.807) is 11.3 Å². The second kappa shape index (κ2) is 8.88. The van der Waals surface area contributed by atoms with E-state index in [4.69, 9.17) is 9.47 Å². The van der Waals surface area contributed by atoms with Crippen molar-refractivity contribution in [2.45, 2.75) is 33.6 Å². The number of amides is 1. The van der Waals surface area contributed by atoms with Crippen molar-refractivity contribution in [1.82, 2.24) is 4.98 Å². The number of carbonyl (C=O) groups excluding carboxylic acids is 1. The van der Waals surface area contributed by atoms with E-state index in [0.29, 0.717) is 13.2 Å². The second-order valence-electron chi connectivity index (χ2n) is 7.48. The number of hydrogen-bond acceptors (Lipinski definition) is 5. The number of para-hydroxylation sites is 1. The van der Waals surface area contributed by atoms with Crippen LogP contribution in [0.4, 0.5) is 5.69 Å². The average Bonchev–Trinajstić information content (AvgIpc) is 3.08. The fourth-order valence-electron chi connectivity index (χ4n) is 3.66. The Balaban J connectivity index is 1.43. The minimum atomic E-state index is -0.00866. The van der Waals surface area contributed by atoms with Gasteiger partial charge in [-0.25, -0.2) is 4.98 Å². The molecule has 1 aliphatic heterocycles. The minimum Gasteiger partial charge on any atom is -0.493 e. The van der Waals surface area contributed by atoms with Crippen LogP contribution in [0.15, 0.2) is 42.5 Å². The predicted molar refractivity (Wildman–Crippen MR) is 121 cm³/mol. The van der Waals surface area contributed by atoms with Crippen LogP contribution in [-0.2, 0) is 4.79 Å². The van der Waals surface area contributed by atoms with E-state index < -0.39 is 0 Å². The number of fused-ring (bicyclic) bond motifs is 1. The number of thiazole rings is 1. The van der Waals surface area contributed by atoms with Crippen LogP contribution in [0.2, 0.25) is 0 Å². The molecule has 5 nitrogen and oxygen atoms in total. The maximum atomic E-state index is 12.6. The van der Waals surface area contributed by atoms with Crippen LogP contribution in [0.3, 0.4) is 0 Å². The van der Waals surface area contributed by atoms with Gasteiger partial charge in [-0.15, -0.1) is 11.3 Å². The van der Waals surface area contributed by atoms with Gasteiger partial charge in [0.2, 0.25) is 0 Å².